The molecule has 1 aromatic heterocycles. The standard InChI is InChI=1S/C12H21N3S2/c1-8-14-11(17-15-8)16-9-6-5-7-12(2,3)10(9)13-4/h9-10,13H,5-7H2,1-4H3. The van der Waals surface area contributed by atoms with Gasteiger partial charge in [-0.1, -0.05) is 32.0 Å². The van der Waals surface area contributed by atoms with Crippen LogP contribution in [0.25, 0.3) is 0 Å². The van der Waals surface area contributed by atoms with Gasteiger partial charge in [0, 0.05) is 11.3 Å². The first kappa shape index (κ1) is 13.3. The van der Waals surface area contributed by atoms with Crippen molar-refractivity contribution in [1.82, 2.24) is 14.7 Å². The highest BCUT2D eigenvalue weighted by molar-refractivity contribution is 8.01. The lowest BCUT2D eigenvalue weighted by molar-refractivity contribution is 0.182. The number of aryl methyl sites for hydroxylation is 1. The maximum Gasteiger partial charge on any atom is 0.170 e. The smallest absolute Gasteiger partial charge is 0.170 e. The van der Waals surface area contributed by atoms with Crippen molar-refractivity contribution in [2.24, 2.45) is 5.41 Å². The Morgan fingerprint density at radius 1 is 1.47 bits per heavy atom. The molecular formula is C12H21N3S2. The van der Waals surface area contributed by atoms with Crippen molar-refractivity contribution in [3.05, 3.63) is 5.82 Å². The Hall–Kier alpha value is -0.130. The lowest BCUT2D eigenvalue weighted by Gasteiger charge is -2.43. The van der Waals surface area contributed by atoms with E-state index in [2.05, 4.69) is 35.6 Å². The minimum Gasteiger partial charge on any atom is -0.315 e. The summed E-state index contributed by atoms with van der Waals surface area (Å²) >= 11 is 3.43. The Kier molecular flexibility index (Phi) is 4.10. The van der Waals surface area contributed by atoms with Crippen molar-refractivity contribution in [2.75, 3.05) is 7.05 Å². The summed E-state index contributed by atoms with van der Waals surface area (Å²) < 4.78 is 5.37. The van der Waals surface area contributed by atoms with E-state index in [1.807, 2.05) is 18.7 Å². The second kappa shape index (κ2) is 5.24. The Balaban J connectivity index is 2.08. The maximum absolute atomic E-state index is 4.46. The summed E-state index contributed by atoms with van der Waals surface area (Å²) in [5.74, 6) is 0.897. The SMILES string of the molecule is CNC1C(Sc2nc(C)ns2)CCCC1(C)C. The molecule has 0 amide bonds. The molecule has 1 heterocycles. The highest BCUT2D eigenvalue weighted by Crippen LogP contribution is 2.42. The molecule has 0 radical (unpaired) electrons. The lowest BCUT2D eigenvalue weighted by Crippen LogP contribution is -2.49. The third kappa shape index (κ3) is 3.01. The molecule has 2 rings (SSSR count). The fourth-order valence-electron chi connectivity index (χ4n) is 2.74. The van der Waals surface area contributed by atoms with Crippen molar-refractivity contribution in [3.8, 4) is 0 Å². The van der Waals surface area contributed by atoms with Gasteiger partial charge in [0.2, 0.25) is 0 Å². The molecule has 2 unspecified atom stereocenters. The predicted molar refractivity (Wildman–Crippen MR) is 74.8 cm³/mol. The highest BCUT2D eigenvalue weighted by atomic mass is 32.2. The van der Waals surface area contributed by atoms with E-state index in [-0.39, 0.29) is 0 Å². The van der Waals surface area contributed by atoms with Gasteiger partial charge in [-0.15, -0.1) is 0 Å². The zero-order valence-corrected chi connectivity index (χ0v) is 12.6. The van der Waals surface area contributed by atoms with E-state index < -0.39 is 0 Å². The summed E-state index contributed by atoms with van der Waals surface area (Å²) in [4.78, 5) is 4.46. The Morgan fingerprint density at radius 2 is 2.24 bits per heavy atom. The van der Waals surface area contributed by atoms with E-state index in [9.17, 15) is 0 Å². The van der Waals surface area contributed by atoms with E-state index >= 15 is 0 Å². The maximum atomic E-state index is 4.46. The van der Waals surface area contributed by atoms with Gasteiger partial charge in [0.15, 0.2) is 4.34 Å². The zero-order chi connectivity index (χ0) is 12.5. The van der Waals surface area contributed by atoms with Crippen LogP contribution in [0.5, 0.6) is 0 Å². The fourth-order valence-corrected chi connectivity index (χ4v) is 5.19. The van der Waals surface area contributed by atoms with Gasteiger partial charge in [-0.2, -0.15) is 4.37 Å². The third-order valence-electron chi connectivity index (χ3n) is 3.60. The van der Waals surface area contributed by atoms with Gasteiger partial charge >= 0.3 is 0 Å². The second-order valence-electron chi connectivity index (χ2n) is 5.41. The number of aromatic nitrogens is 2. The Labute approximate surface area is 112 Å². The molecule has 1 fully saturated rings. The molecule has 0 bridgehead atoms. The summed E-state index contributed by atoms with van der Waals surface area (Å²) in [6.07, 6.45) is 3.91. The average Bonchev–Trinajstić information content (AvgIpc) is 2.63. The molecule has 0 spiro atoms. The quantitative estimate of drug-likeness (QED) is 0.916. The van der Waals surface area contributed by atoms with Crippen molar-refractivity contribution < 1.29 is 0 Å². The first-order valence-corrected chi connectivity index (χ1v) is 7.82. The molecule has 2 atom stereocenters. The molecule has 17 heavy (non-hydrogen) atoms. The summed E-state index contributed by atoms with van der Waals surface area (Å²) in [6.45, 7) is 6.69. The molecule has 3 nitrogen and oxygen atoms in total. The molecule has 1 N–H and O–H groups in total. The molecule has 1 aliphatic carbocycles. The van der Waals surface area contributed by atoms with E-state index in [0.717, 1.165) is 10.2 Å². The van der Waals surface area contributed by atoms with Crippen LogP contribution in [0.2, 0.25) is 0 Å². The third-order valence-corrected chi connectivity index (χ3v) is 5.81. The minimum absolute atomic E-state index is 0.379. The van der Waals surface area contributed by atoms with Crippen LogP contribution in [0.3, 0.4) is 0 Å². The van der Waals surface area contributed by atoms with Crippen LogP contribution >= 0.6 is 23.3 Å². The van der Waals surface area contributed by atoms with Crippen molar-refractivity contribution in [3.63, 3.8) is 0 Å². The molecule has 0 aliphatic heterocycles. The number of hydrogen-bond acceptors (Lipinski definition) is 5. The summed E-state index contributed by atoms with van der Waals surface area (Å²) in [5, 5.41) is 4.13. The van der Waals surface area contributed by atoms with Gasteiger partial charge in [0.1, 0.15) is 5.82 Å². The van der Waals surface area contributed by atoms with Crippen LogP contribution in [0.1, 0.15) is 38.9 Å². The van der Waals surface area contributed by atoms with E-state index in [1.54, 1.807) is 0 Å². The lowest BCUT2D eigenvalue weighted by atomic mass is 9.73. The largest absolute Gasteiger partial charge is 0.315 e. The fraction of sp³-hybridized carbons (Fsp3) is 0.833. The number of hydrogen-bond donors (Lipinski definition) is 1. The van der Waals surface area contributed by atoms with Crippen LogP contribution in [0, 0.1) is 12.3 Å². The first-order valence-electron chi connectivity index (χ1n) is 6.17. The molecule has 0 aromatic carbocycles. The van der Waals surface area contributed by atoms with Crippen LogP contribution < -0.4 is 5.32 Å². The molecule has 5 heteroatoms. The number of nitrogens with one attached hydrogen (secondary N) is 1. The molecule has 96 valence electrons. The van der Waals surface area contributed by atoms with E-state index in [1.165, 1.54) is 30.8 Å². The monoisotopic (exact) mass is 271 g/mol. The van der Waals surface area contributed by atoms with Gasteiger partial charge in [0.25, 0.3) is 0 Å². The second-order valence-corrected chi connectivity index (χ2v) is 7.65. The number of nitrogens with zero attached hydrogens (tertiary/aromatic N) is 2. The Bertz CT molecular complexity index is 376. The molecule has 1 aromatic rings. The summed E-state index contributed by atoms with van der Waals surface area (Å²) in [6, 6.07) is 0.561. The van der Waals surface area contributed by atoms with Gasteiger partial charge < -0.3 is 5.32 Å². The predicted octanol–water partition coefficient (Wildman–Crippen LogP) is 3.11. The van der Waals surface area contributed by atoms with E-state index in [0.29, 0.717) is 16.7 Å². The zero-order valence-electron chi connectivity index (χ0n) is 11.0. The highest BCUT2D eigenvalue weighted by Gasteiger charge is 2.38. The topological polar surface area (TPSA) is 37.8 Å². The molecular weight excluding hydrogens is 250 g/mol. The average molecular weight is 271 g/mol. The van der Waals surface area contributed by atoms with Crippen LogP contribution in [0.4, 0.5) is 0 Å². The van der Waals surface area contributed by atoms with Gasteiger partial charge in [0.05, 0.1) is 0 Å². The van der Waals surface area contributed by atoms with Gasteiger partial charge in [-0.3, -0.25) is 0 Å². The van der Waals surface area contributed by atoms with Crippen molar-refractivity contribution >= 4 is 23.3 Å². The van der Waals surface area contributed by atoms with Crippen LogP contribution in [-0.2, 0) is 0 Å². The van der Waals surface area contributed by atoms with E-state index in [4.69, 9.17) is 0 Å². The molecule has 1 aliphatic rings. The van der Waals surface area contributed by atoms with Crippen molar-refractivity contribution in [1.29, 1.82) is 0 Å². The minimum atomic E-state index is 0.379. The normalized spacial score (nSPS) is 28.2. The molecule has 0 saturated heterocycles. The number of thioether (sulfide) groups is 1. The summed E-state index contributed by atoms with van der Waals surface area (Å²) in [7, 11) is 2.08. The van der Waals surface area contributed by atoms with Crippen molar-refractivity contribution in [2.45, 2.75) is 55.7 Å². The Morgan fingerprint density at radius 3 is 2.82 bits per heavy atom. The van der Waals surface area contributed by atoms with Gasteiger partial charge in [-0.25, -0.2) is 4.98 Å². The van der Waals surface area contributed by atoms with Crippen LogP contribution in [-0.4, -0.2) is 27.7 Å². The molecule has 1 saturated carbocycles. The first-order chi connectivity index (χ1) is 8.03. The van der Waals surface area contributed by atoms with Crippen LogP contribution in [0.15, 0.2) is 4.34 Å². The summed E-state index contributed by atoms with van der Waals surface area (Å²) in [5.41, 5.74) is 0.379. The number of rotatable bonds is 3. The van der Waals surface area contributed by atoms with Gasteiger partial charge in [-0.05, 0) is 43.8 Å².